The zero-order valence-corrected chi connectivity index (χ0v) is 14.9. The van der Waals surface area contributed by atoms with Crippen molar-refractivity contribution in [2.75, 3.05) is 25.9 Å². The lowest BCUT2D eigenvalue weighted by atomic mass is 10.1. The molecule has 0 aromatic heterocycles. The summed E-state index contributed by atoms with van der Waals surface area (Å²) in [7, 11) is -1.71. The number of nitrogens with one attached hydrogen (secondary N) is 2. The maximum atomic E-state index is 13.1. The average Bonchev–Trinajstić information content (AvgIpc) is 2.61. The molecule has 0 heterocycles. The van der Waals surface area contributed by atoms with Gasteiger partial charge in [0.1, 0.15) is 5.82 Å². The Morgan fingerprint density at radius 1 is 1.04 bits per heavy atom. The molecule has 0 aliphatic carbocycles. The maximum absolute atomic E-state index is 13.1. The van der Waals surface area contributed by atoms with Crippen LogP contribution < -0.4 is 10.6 Å². The first-order valence-corrected chi connectivity index (χ1v) is 9.63. The van der Waals surface area contributed by atoms with Gasteiger partial charge in [-0.15, -0.1) is 0 Å². The van der Waals surface area contributed by atoms with Crippen LogP contribution in [0.1, 0.15) is 5.56 Å². The highest BCUT2D eigenvalue weighted by atomic mass is 32.2. The highest BCUT2D eigenvalue weighted by Crippen LogP contribution is 2.09. The standard InChI is InChI=1S/C18H22FN3O2S/c1-20-18(21-11-10-15-6-5-7-16(19)14-15)22-12-13-25(23,24)17-8-3-2-4-9-17/h2-9,14H,10-13H2,1H3,(H2,20,21,22). The van der Waals surface area contributed by atoms with Gasteiger partial charge in [-0.1, -0.05) is 30.3 Å². The van der Waals surface area contributed by atoms with Crippen molar-refractivity contribution in [1.82, 2.24) is 10.6 Å². The Morgan fingerprint density at radius 3 is 2.44 bits per heavy atom. The molecule has 0 amide bonds. The summed E-state index contributed by atoms with van der Waals surface area (Å²) in [4.78, 5) is 4.37. The summed E-state index contributed by atoms with van der Waals surface area (Å²) in [6.45, 7) is 0.811. The normalized spacial score (nSPS) is 12.0. The van der Waals surface area contributed by atoms with E-state index in [1.54, 1.807) is 43.4 Å². The molecule has 0 unspecified atom stereocenters. The largest absolute Gasteiger partial charge is 0.356 e. The maximum Gasteiger partial charge on any atom is 0.191 e. The van der Waals surface area contributed by atoms with Crippen molar-refractivity contribution in [1.29, 1.82) is 0 Å². The van der Waals surface area contributed by atoms with Crippen LogP contribution in [0.5, 0.6) is 0 Å². The molecule has 2 N–H and O–H groups in total. The summed E-state index contributed by atoms with van der Waals surface area (Å²) < 4.78 is 37.5. The van der Waals surface area contributed by atoms with Crippen LogP contribution in [0.2, 0.25) is 0 Å². The molecule has 2 aromatic rings. The van der Waals surface area contributed by atoms with Crippen molar-refractivity contribution in [3.63, 3.8) is 0 Å². The molecular formula is C18H22FN3O2S. The average molecular weight is 363 g/mol. The van der Waals surface area contributed by atoms with E-state index in [2.05, 4.69) is 15.6 Å². The van der Waals surface area contributed by atoms with Crippen molar-refractivity contribution in [2.45, 2.75) is 11.3 Å². The van der Waals surface area contributed by atoms with Crippen LogP contribution in [-0.2, 0) is 16.3 Å². The quantitative estimate of drug-likeness (QED) is 0.583. The minimum absolute atomic E-state index is 0.0262. The van der Waals surface area contributed by atoms with Gasteiger partial charge in [-0.3, -0.25) is 4.99 Å². The van der Waals surface area contributed by atoms with Gasteiger partial charge in [-0.2, -0.15) is 0 Å². The number of hydrogen-bond acceptors (Lipinski definition) is 3. The molecule has 0 fully saturated rings. The lowest BCUT2D eigenvalue weighted by Crippen LogP contribution is -2.40. The van der Waals surface area contributed by atoms with Gasteiger partial charge in [-0.05, 0) is 36.2 Å². The SMILES string of the molecule is CN=C(NCCc1cccc(F)c1)NCCS(=O)(=O)c1ccccc1. The zero-order valence-electron chi connectivity index (χ0n) is 14.1. The van der Waals surface area contributed by atoms with Crippen LogP contribution in [0.4, 0.5) is 4.39 Å². The van der Waals surface area contributed by atoms with E-state index >= 15 is 0 Å². The van der Waals surface area contributed by atoms with Crippen LogP contribution in [-0.4, -0.2) is 40.3 Å². The summed E-state index contributed by atoms with van der Waals surface area (Å²) in [5, 5.41) is 6.06. The Morgan fingerprint density at radius 2 is 1.76 bits per heavy atom. The molecule has 0 atom stereocenters. The molecule has 0 aliphatic heterocycles. The Bertz CT molecular complexity index is 808. The second-order valence-corrected chi connectivity index (χ2v) is 7.55. The topological polar surface area (TPSA) is 70.6 Å². The van der Waals surface area contributed by atoms with E-state index in [0.29, 0.717) is 23.8 Å². The fourth-order valence-electron chi connectivity index (χ4n) is 2.29. The third-order valence-electron chi connectivity index (χ3n) is 3.58. The van der Waals surface area contributed by atoms with E-state index in [-0.39, 0.29) is 18.1 Å². The van der Waals surface area contributed by atoms with E-state index in [0.717, 1.165) is 5.56 Å². The smallest absolute Gasteiger partial charge is 0.191 e. The molecule has 0 spiro atoms. The first-order chi connectivity index (χ1) is 12.0. The number of rotatable bonds is 7. The molecular weight excluding hydrogens is 341 g/mol. The van der Waals surface area contributed by atoms with Gasteiger partial charge < -0.3 is 10.6 Å². The Balaban J connectivity index is 1.77. The molecule has 0 saturated carbocycles. The van der Waals surface area contributed by atoms with Crippen molar-refractivity contribution in [3.05, 3.63) is 66.0 Å². The summed E-state index contributed by atoms with van der Waals surface area (Å²) in [5.74, 6) is 0.229. The summed E-state index contributed by atoms with van der Waals surface area (Å²) in [6, 6.07) is 14.8. The fraction of sp³-hybridized carbons (Fsp3) is 0.278. The van der Waals surface area contributed by atoms with Crippen molar-refractivity contribution in [2.24, 2.45) is 4.99 Å². The molecule has 0 bridgehead atoms. The minimum Gasteiger partial charge on any atom is -0.356 e. The number of nitrogens with zero attached hydrogens (tertiary/aromatic N) is 1. The summed E-state index contributed by atoms with van der Waals surface area (Å²) >= 11 is 0. The predicted octanol–water partition coefficient (Wildman–Crippen LogP) is 2.01. The highest BCUT2D eigenvalue weighted by molar-refractivity contribution is 7.91. The monoisotopic (exact) mass is 363 g/mol. The first-order valence-electron chi connectivity index (χ1n) is 7.98. The summed E-state index contributed by atoms with van der Waals surface area (Å²) in [6.07, 6.45) is 0.640. The molecule has 134 valence electrons. The third kappa shape index (κ3) is 6.19. The second-order valence-electron chi connectivity index (χ2n) is 5.44. The van der Waals surface area contributed by atoms with Gasteiger partial charge in [0.2, 0.25) is 0 Å². The van der Waals surface area contributed by atoms with Gasteiger partial charge in [0.15, 0.2) is 15.8 Å². The van der Waals surface area contributed by atoms with E-state index in [1.807, 2.05) is 6.07 Å². The van der Waals surface area contributed by atoms with Gasteiger partial charge >= 0.3 is 0 Å². The number of halogens is 1. The van der Waals surface area contributed by atoms with E-state index in [1.165, 1.54) is 12.1 Å². The second kappa shape index (κ2) is 9.17. The molecule has 0 saturated heterocycles. The minimum atomic E-state index is -3.32. The first kappa shape index (κ1) is 18.9. The predicted molar refractivity (Wildman–Crippen MR) is 98.0 cm³/mol. The Hall–Kier alpha value is -2.41. The molecule has 5 nitrogen and oxygen atoms in total. The van der Waals surface area contributed by atoms with Crippen LogP contribution in [0, 0.1) is 5.82 Å². The van der Waals surface area contributed by atoms with Crippen LogP contribution in [0.15, 0.2) is 64.5 Å². The number of hydrogen-bond donors (Lipinski definition) is 2. The lowest BCUT2D eigenvalue weighted by molar-refractivity contribution is 0.594. The van der Waals surface area contributed by atoms with E-state index < -0.39 is 9.84 Å². The highest BCUT2D eigenvalue weighted by Gasteiger charge is 2.13. The third-order valence-corrected chi connectivity index (χ3v) is 5.32. The molecule has 0 radical (unpaired) electrons. The number of benzene rings is 2. The lowest BCUT2D eigenvalue weighted by Gasteiger charge is -2.12. The number of guanidine groups is 1. The van der Waals surface area contributed by atoms with Crippen LogP contribution in [0.25, 0.3) is 0 Å². The van der Waals surface area contributed by atoms with Crippen LogP contribution >= 0.6 is 0 Å². The molecule has 2 aromatic carbocycles. The van der Waals surface area contributed by atoms with Crippen molar-refractivity contribution < 1.29 is 12.8 Å². The molecule has 25 heavy (non-hydrogen) atoms. The van der Waals surface area contributed by atoms with Gasteiger partial charge in [0, 0.05) is 20.1 Å². The number of sulfone groups is 1. The summed E-state index contributed by atoms with van der Waals surface area (Å²) in [5.41, 5.74) is 0.884. The van der Waals surface area contributed by atoms with Gasteiger partial charge in [0.05, 0.1) is 10.6 Å². The zero-order chi connectivity index (χ0) is 18.1. The Kier molecular flexibility index (Phi) is 6.94. The fourth-order valence-corrected chi connectivity index (χ4v) is 3.47. The Labute approximate surface area is 147 Å². The molecule has 7 heteroatoms. The number of aliphatic imine (C=N–C) groups is 1. The van der Waals surface area contributed by atoms with Gasteiger partial charge in [0.25, 0.3) is 0 Å². The molecule has 2 rings (SSSR count). The van der Waals surface area contributed by atoms with Crippen molar-refractivity contribution >= 4 is 15.8 Å². The van der Waals surface area contributed by atoms with Crippen LogP contribution in [0.3, 0.4) is 0 Å². The van der Waals surface area contributed by atoms with E-state index in [4.69, 9.17) is 0 Å². The van der Waals surface area contributed by atoms with Gasteiger partial charge in [-0.25, -0.2) is 12.8 Å². The van der Waals surface area contributed by atoms with E-state index in [9.17, 15) is 12.8 Å². The van der Waals surface area contributed by atoms with Crippen molar-refractivity contribution in [3.8, 4) is 0 Å². The molecule has 0 aliphatic rings.